The van der Waals surface area contributed by atoms with Crippen LogP contribution in [0, 0.1) is 11.6 Å². The number of alkyl halides is 3. The molecule has 0 aliphatic heterocycles. The summed E-state index contributed by atoms with van der Waals surface area (Å²) in [5.41, 5.74) is -1.10. The number of anilines is 1. The van der Waals surface area contributed by atoms with Gasteiger partial charge in [0.25, 0.3) is 11.8 Å². The highest BCUT2D eigenvalue weighted by molar-refractivity contribution is 6.03. The van der Waals surface area contributed by atoms with Crippen molar-refractivity contribution in [1.82, 2.24) is 15.1 Å². The first-order chi connectivity index (χ1) is 15.3. The van der Waals surface area contributed by atoms with Crippen LogP contribution in [0.15, 0.2) is 54.6 Å². The van der Waals surface area contributed by atoms with Crippen molar-refractivity contribution in [2.75, 3.05) is 5.32 Å². The van der Waals surface area contributed by atoms with Gasteiger partial charge in [-0.2, -0.15) is 18.3 Å². The number of hydrogen-bond donors (Lipinski definition) is 2. The average Bonchev–Trinajstić information content (AvgIpc) is 3.09. The number of amides is 2. The van der Waals surface area contributed by atoms with Crippen molar-refractivity contribution >= 4 is 17.6 Å². The summed E-state index contributed by atoms with van der Waals surface area (Å²) < 4.78 is 65.9. The van der Waals surface area contributed by atoms with E-state index in [1.165, 1.54) is 44.2 Å². The quantitative estimate of drug-likeness (QED) is 0.524. The van der Waals surface area contributed by atoms with Gasteiger partial charge < -0.3 is 10.6 Å². The third-order valence-electron chi connectivity index (χ3n) is 4.59. The zero-order valence-corrected chi connectivity index (χ0v) is 17.5. The molecule has 2 amide bonds. The highest BCUT2D eigenvalue weighted by Crippen LogP contribution is 2.27. The van der Waals surface area contributed by atoms with Gasteiger partial charge in [0.05, 0.1) is 5.69 Å². The molecule has 0 aliphatic rings. The molecule has 0 spiro atoms. The smallest absolute Gasteiger partial charge is 0.338 e. The van der Waals surface area contributed by atoms with E-state index in [0.29, 0.717) is 4.68 Å². The highest BCUT2D eigenvalue weighted by Gasteiger charge is 2.33. The Morgan fingerprint density at radius 3 is 2.03 bits per heavy atom. The number of carbonyl (C=O) groups excluding carboxylic acids is 2. The fraction of sp³-hybridized carbons (Fsp3) is 0.227. The molecule has 0 fully saturated rings. The van der Waals surface area contributed by atoms with Gasteiger partial charge in [-0.15, -0.1) is 0 Å². The first kappa shape index (κ1) is 23.9. The van der Waals surface area contributed by atoms with Crippen LogP contribution in [0.25, 0.3) is 11.3 Å². The van der Waals surface area contributed by atoms with E-state index in [9.17, 15) is 31.5 Å². The zero-order chi connectivity index (χ0) is 24.4. The van der Waals surface area contributed by atoms with Gasteiger partial charge in [-0.1, -0.05) is 0 Å². The molecule has 174 valence electrons. The van der Waals surface area contributed by atoms with Gasteiger partial charge in [0.15, 0.2) is 5.82 Å². The van der Waals surface area contributed by atoms with Crippen LogP contribution in [0.2, 0.25) is 0 Å². The number of benzene rings is 2. The Kier molecular flexibility index (Phi) is 6.52. The highest BCUT2D eigenvalue weighted by atomic mass is 19.4. The van der Waals surface area contributed by atoms with E-state index in [1.54, 1.807) is 0 Å². The van der Waals surface area contributed by atoms with Crippen LogP contribution >= 0.6 is 0 Å². The van der Waals surface area contributed by atoms with Gasteiger partial charge >= 0.3 is 6.18 Å². The largest absolute Gasteiger partial charge is 0.408 e. The number of carbonyl (C=O) groups is 2. The molecule has 3 rings (SSSR count). The van der Waals surface area contributed by atoms with E-state index in [4.69, 9.17) is 0 Å². The minimum absolute atomic E-state index is 0.00998. The Bertz CT molecular complexity index is 1150. The predicted molar refractivity (Wildman–Crippen MR) is 110 cm³/mol. The summed E-state index contributed by atoms with van der Waals surface area (Å²) in [6.45, 7) is 1.34. The van der Waals surface area contributed by atoms with Crippen molar-refractivity contribution in [3.63, 3.8) is 0 Å². The molecule has 0 saturated carbocycles. The fourth-order valence-electron chi connectivity index (χ4n) is 2.91. The number of nitrogens with zero attached hydrogens (tertiary/aromatic N) is 2. The molecule has 11 heteroatoms. The van der Waals surface area contributed by atoms with E-state index >= 15 is 0 Å². The molecule has 6 nitrogen and oxygen atoms in total. The molecule has 0 bridgehead atoms. The van der Waals surface area contributed by atoms with E-state index in [1.807, 2.05) is 0 Å². The molecule has 3 aromatic rings. The first-order valence-corrected chi connectivity index (χ1v) is 9.64. The second-order valence-electron chi connectivity index (χ2n) is 7.73. The van der Waals surface area contributed by atoms with Crippen molar-refractivity contribution in [2.24, 2.45) is 0 Å². The normalized spacial score (nSPS) is 11.8. The third kappa shape index (κ3) is 6.15. The lowest BCUT2D eigenvalue weighted by Gasteiger charge is -2.24. The van der Waals surface area contributed by atoms with Crippen molar-refractivity contribution in [1.29, 1.82) is 0 Å². The molecule has 2 aromatic carbocycles. The summed E-state index contributed by atoms with van der Waals surface area (Å²) in [7, 11) is 0. The first-order valence-electron chi connectivity index (χ1n) is 9.64. The van der Waals surface area contributed by atoms with Gasteiger partial charge in [-0.3, -0.25) is 14.3 Å². The van der Waals surface area contributed by atoms with Gasteiger partial charge in [0, 0.05) is 17.2 Å². The Hall–Kier alpha value is -3.76. The molecular weight excluding hydrogens is 447 g/mol. The molecule has 33 heavy (non-hydrogen) atoms. The number of rotatable bonds is 6. The second-order valence-corrected chi connectivity index (χ2v) is 7.73. The second kappa shape index (κ2) is 9.00. The predicted octanol–water partition coefficient (Wildman–Crippen LogP) is 4.54. The monoisotopic (exact) mass is 466 g/mol. The zero-order valence-electron chi connectivity index (χ0n) is 17.5. The van der Waals surface area contributed by atoms with E-state index in [2.05, 4.69) is 15.7 Å². The van der Waals surface area contributed by atoms with Crippen LogP contribution in [0.1, 0.15) is 24.2 Å². The summed E-state index contributed by atoms with van der Waals surface area (Å²) >= 11 is 0. The molecule has 0 unspecified atom stereocenters. The summed E-state index contributed by atoms with van der Waals surface area (Å²) in [6.07, 6.45) is -4.59. The third-order valence-corrected chi connectivity index (χ3v) is 4.59. The van der Waals surface area contributed by atoms with Crippen LogP contribution < -0.4 is 10.6 Å². The molecule has 1 aromatic heterocycles. The van der Waals surface area contributed by atoms with Crippen molar-refractivity contribution in [3.05, 3.63) is 71.8 Å². The van der Waals surface area contributed by atoms with Gasteiger partial charge in [0.2, 0.25) is 0 Å². The Labute approximate surface area is 185 Å². The maximum Gasteiger partial charge on any atom is 0.408 e. The van der Waals surface area contributed by atoms with Gasteiger partial charge in [-0.05, 0) is 62.4 Å². The molecule has 0 aliphatic carbocycles. The molecule has 0 saturated heterocycles. The average molecular weight is 466 g/mol. The molecule has 1 heterocycles. The van der Waals surface area contributed by atoms with Crippen LogP contribution in [-0.2, 0) is 11.3 Å². The lowest BCUT2D eigenvalue weighted by atomic mass is 10.0. The van der Waals surface area contributed by atoms with Crippen molar-refractivity contribution < 1.29 is 31.5 Å². The number of nitrogens with one attached hydrogen (secondary N) is 2. The van der Waals surface area contributed by atoms with Crippen LogP contribution in [0.3, 0.4) is 0 Å². The Morgan fingerprint density at radius 2 is 1.48 bits per heavy atom. The topological polar surface area (TPSA) is 76.0 Å². The van der Waals surface area contributed by atoms with E-state index in [-0.39, 0.29) is 22.6 Å². The van der Waals surface area contributed by atoms with Crippen molar-refractivity contribution in [2.45, 2.75) is 32.1 Å². The minimum atomic E-state index is -4.59. The maximum atomic E-state index is 13.2. The minimum Gasteiger partial charge on any atom is -0.338 e. The Balaban J connectivity index is 1.81. The van der Waals surface area contributed by atoms with Gasteiger partial charge in [0.1, 0.15) is 23.7 Å². The van der Waals surface area contributed by atoms with Crippen molar-refractivity contribution in [3.8, 4) is 11.3 Å². The molecule has 2 N–H and O–H groups in total. The summed E-state index contributed by atoms with van der Waals surface area (Å²) in [6, 6.07) is 10.6. The molecule has 0 atom stereocenters. The fourth-order valence-corrected chi connectivity index (χ4v) is 2.91. The molecular formula is C22H19F5N4O2. The van der Waals surface area contributed by atoms with Gasteiger partial charge in [-0.25, -0.2) is 8.78 Å². The number of halogens is 5. The molecule has 0 radical (unpaired) electrons. The number of aromatic nitrogens is 2. The van der Waals surface area contributed by atoms with Crippen LogP contribution in [0.5, 0.6) is 0 Å². The lowest BCUT2D eigenvalue weighted by Crippen LogP contribution is -2.52. The summed E-state index contributed by atoms with van der Waals surface area (Å²) in [5.74, 6) is -2.68. The van der Waals surface area contributed by atoms with Crippen LogP contribution in [-0.4, -0.2) is 33.3 Å². The SMILES string of the molecule is CC(C)(NC(=O)c1ccc(F)cc1)C(=O)Nc1cc(-c2ccc(F)cc2)n(CC(F)(F)F)n1. The lowest BCUT2D eigenvalue weighted by molar-refractivity contribution is -0.142. The maximum absolute atomic E-state index is 13.2. The summed E-state index contributed by atoms with van der Waals surface area (Å²) in [4.78, 5) is 25.1. The Morgan fingerprint density at radius 1 is 0.939 bits per heavy atom. The van der Waals surface area contributed by atoms with E-state index in [0.717, 1.165) is 24.3 Å². The van der Waals surface area contributed by atoms with Crippen LogP contribution in [0.4, 0.5) is 27.8 Å². The number of hydrogen-bond acceptors (Lipinski definition) is 3. The van der Waals surface area contributed by atoms with E-state index < -0.39 is 41.7 Å². The standard InChI is InChI=1S/C22H19F5N4O2/c1-21(2,29-19(32)14-5-9-16(24)10-6-14)20(33)28-18-11-17(13-3-7-15(23)8-4-13)31(30-18)12-22(25,26)27/h3-11H,12H2,1-2H3,(H,29,32)(H,28,30,33). The summed E-state index contributed by atoms with van der Waals surface area (Å²) in [5, 5.41) is 8.68.